The van der Waals surface area contributed by atoms with E-state index in [0.29, 0.717) is 0 Å². The molecule has 0 N–H and O–H groups in total. The Bertz CT molecular complexity index is 513. The van der Waals surface area contributed by atoms with Gasteiger partial charge in [0.1, 0.15) is 9.91 Å². The van der Waals surface area contributed by atoms with Crippen LogP contribution in [-0.4, -0.2) is 21.3 Å². The molecule has 0 radical (unpaired) electrons. The molecule has 4 heteroatoms. The van der Waals surface area contributed by atoms with Crippen LogP contribution in [0.2, 0.25) is 0 Å². The minimum absolute atomic E-state index is 0.101. The molecule has 2 nitrogen and oxygen atoms in total. The number of thioether (sulfide) groups is 2. The Labute approximate surface area is 109 Å². The summed E-state index contributed by atoms with van der Waals surface area (Å²) >= 11 is 2.87. The topological polar surface area (TPSA) is 29.4 Å². The van der Waals surface area contributed by atoms with Crippen molar-refractivity contribution >= 4 is 33.0 Å². The average molecular weight is 263 g/mol. The van der Waals surface area contributed by atoms with Crippen molar-refractivity contribution in [1.82, 2.24) is 0 Å². The van der Waals surface area contributed by atoms with Crippen molar-refractivity contribution in [2.45, 2.75) is 24.3 Å². The first-order chi connectivity index (χ1) is 8.12. The van der Waals surface area contributed by atoms with Crippen LogP contribution in [0.5, 0.6) is 0 Å². The molecule has 1 saturated carbocycles. The standard InChI is InChI=1S/C13H13NOS2/c1-12(9-6-4-3-5-7-9)8-13(12)10(15)17-11(14-13)16-2/h3-7H,8H2,1-2H3/t12-,13?/m1/s1. The highest BCUT2D eigenvalue weighted by molar-refractivity contribution is 8.45. The molecular weight excluding hydrogens is 250 g/mol. The van der Waals surface area contributed by atoms with Gasteiger partial charge in [0.15, 0.2) is 0 Å². The quantitative estimate of drug-likeness (QED) is 0.780. The smallest absolute Gasteiger partial charge is 0.224 e. The van der Waals surface area contributed by atoms with Crippen molar-refractivity contribution in [1.29, 1.82) is 0 Å². The number of benzene rings is 1. The first-order valence-corrected chi connectivity index (χ1v) is 7.58. The predicted molar refractivity (Wildman–Crippen MR) is 74.7 cm³/mol. The lowest BCUT2D eigenvalue weighted by Crippen LogP contribution is -2.24. The van der Waals surface area contributed by atoms with Crippen molar-refractivity contribution in [2.24, 2.45) is 4.99 Å². The van der Waals surface area contributed by atoms with Gasteiger partial charge in [0.25, 0.3) is 0 Å². The lowest BCUT2D eigenvalue weighted by Gasteiger charge is -2.14. The van der Waals surface area contributed by atoms with Gasteiger partial charge in [-0.3, -0.25) is 9.79 Å². The minimum atomic E-state index is -0.475. The molecule has 1 spiro atoms. The van der Waals surface area contributed by atoms with Gasteiger partial charge in [-0.15, -0.1) is 11.8 Å². The Hall–Kier alpha value is -0.740. The third-order valence-corrected chi connectivity index (χ3v) is 5.76. The van der Waals surface area contributed by atoms with Crippen LogP contribution in [0.1, 0.15) is 18.9 Å². The van der Waals surface area contributed by atoms with Gasteiger partial charge in [-0.2, -0.15) is 0 Å². The van der Waals surface area contributed by atoms with Crippen LogP contribution in [-0.2, 0) is 10.2 Å². The van der Waals surface area contributed by atoms with Gasteiger partial charge < -0.3 is 0 Å². The van der Waals surface area contributed by atoms with Crippen LogP contribution >= 0.6 is 23.5 Å². The lowest BCUT2D eigenvalue weighted by atomic mass is 9.93. The Morgan fingerprint density at radius 3 is 2.65 bits per heavy atom. The zero-order chi connectivity index (χ0) is 12.1. The van der Waals surface area contributed by atoms with E-state index in [4.69, 9.17) is 0 Å². The summed E-state index contributed by atoms with van der Waals surface area (Å²) < 4.78 is 0.912. The van der Waals surface area contributed by atoms with E-state index >= 15 is 0 Å². The molecule has 0 bridgehead atoms. The number of aliphatic imine (C=N–C) groups is 1. The van der Waals surface area contributed by atoms with Gasteiger partial charge >= 0.3 is 0 Å². The first-order valence-electron chi connectivity index (χ1n) is 5.54. The van der Waals surface area contributed by atoms with Crippen molar-refractivity contribution in [2.75, 3.05) is 6.26 Å². The van der Waals surface area contributed by atoms with Crippen LogP contribution in [0, 0.1) is 0 Å². The fourth-order valence-corrected chi connectivity index (χ4v) is 4.23. The van der Waals surface area contributed by atoms with Crippen LogP contribution in [0.3, 0.4) is 0 Å². The second-order valence-electron chi connectivity index (χ2n) is 4.71. The molecule has 0 saturated heterocycles. The number of hydrogen-bond donors (Lipinski definition) is 0. The summed E-state index contributed by atoms with van der Waals surface area (Å²) in [5, 5.41) is 0.216. The third kappa shape index (κ3) is 1.43. The zero-order valence-electron chi connectivity index (χ0n) is 9.77. The Kier molecular flexibility index (Phi) is 2.42. The molecule has 1 aliphatic heterocycles. The summed E-state index contributed by atoms with van der Waals surface area (Å²) in [5.74, 6) is 0. The van der Waals surface area contributed by atoms with E-state index in [2.05, 4.69) is 24.0 Å². The molecule has 0 amide bonds. The molecular formula is C13H13NOS2. The highest BCUT2D eigenvalue weighted by atomic mass is 32.2. The van der Waals surface area contributed by atoms with E-state index < -0.39 is 5.54 Å². The minimum Gasteiger partial charge on any atom is -0.284 e. The van der Waals surface area contributed by atoms with Crippen molar-refractivity contribution in [3.8, 4) is 0 Å². The molecule has 2 aliphatic rings. The summed E-state index contributed by atoms with van der Waals surface area (Å²) in [5.41, 5.74) is 0.646. The number of carbonyl (C=O) groups is 1. The molecule has 1 aromatic carbocycles. The average Bonchev–Trinajstić information content (AvgIpc) is 2.83. The van der Waals surface area contributed by atoms with Gasteiger partial charge in [0.2, 0.25) is 5.12 Å². The number of rotatable bonds is 1. The van der Waals surface area contributed by atoms with E-state index in [1.165, 1.54) is 17.3 Å². The maximum atomic E-state index is 12.2. The summed E-state index contributed by atoms with van der Waals surface area (Å²) in [6.07, 6.45) is 2.82. The fourth-order valence-electron chi connectivity index (χ4n) is 2.55. The Morgan fingerprint density at radius 2 is 2.06 bits per heavy atom. The maximum absolute atomic E-state index is 12.2. The largest absolute Gasteiger partial charge is 0.284 e. The van der Waals surface area contributed by atoms with Gasteiger partial charge in [-0.05, 0) is 30.0 Å². The molecule has 0 aromatic heterocycles. The number of hydrogen-bond acceptors (Lipinski definition) is 4. The highest BCUT2D eigenvalue weighted by Gasteiger charge is 2.72. The van der Waals surface area contributed by atoms with Gasteiger partial charge in [0.05, 0.1) is 0 Å². The van der Waals surface area contributed by atoms with Crippen LogP contribution in [0.4, 0.5) is 0 Å². The second-order valence-corrected chi connectivity index (χ2v) is 6.72. The molecule has 1 fully saturated rings. The first kappa shape index (κ1) is 11.4. The maximum Gasteiger partial charge on any atom is 0.224 e. The van der Waals surface area contributed by atoms with Gasteiger partial charge in [0, 0.05) is 5.41 Å². The van der Waals surface area contributed by atoms with E-state index in [0.717, 1.165) is 10.8 Å². The predicted octanol–water partition coefficient (Wildman–Crippen LogP) is 3.08. The molecule has 1 aromatic rings. The second kappa shape index (κ2) is 3.62. The zero-order valence-corrected chi connectivity index (χ0v) is 11.4. The van der Waals surface area contributed by atoms with Crippen LogP contribution < -0.4 is 0 Å². The summed E-state index contributed by atoms with van der Waals surface area (Å²) in [7, 11) is 0. The number of carbonyl (C=O) groups excluding carboxylic acids is 1. The SMILES string of the molecule is CSC1=NC2(C[C@]2(C)c2ccccc2)C(=O)S1. The summed E-state index contributed by atoms with van der Waals surface area (Å²) in [6.45, 7) is 2.15. The molecule has 2 atom stereocenters. The van der Waals surface area contributed by atoms with Gasteiger partial charge in [-0.1, -0.05) is 37.3 Å². The molecule has 3 rings (SSSR count). The Balaban J connectivity index is 2.00. The van der Waals surface area contributed by atoms with Crippen LogP contribution in [0.25, 0.3) is 0 Å². The Morgan fingerprint density at radius 1 is 1.35 bits per heavy atom. The van der Waals surface area contributed by atoms with E-state index in [1.54, 1.807) is 11.8 Å². The number of nitrogens with zero attached hydrogens (tertiary/aromatic N) is 1. The van der Waals surface area contributed by atoms with E-state index in [9.17, 15) is 4.79 Å². The van der Waals surface area contributed by atoms with Crippen molar-refractivity contribution in [3.05, 3.63) is 35.9 Å². The van der Waals surface area contributed by atoms with Crippen molar-refractivity contribution in [3.63, 3.8) is 0 Å². The van der Waals surface area contributed by atoms with Crippen LogP contribution in [0.15, 0.2) is 35.3 Å². The van der Waals surface area contributed by atoms with E-state index in [1.807, 2.05) is 24.5 Å². The van der Waals surface area contributed by atoms with E-state index in [-0.39, 0.29) is 10.5 Å². The van der Waals surface area contributed by atoms with Crippen molar-refractivity contribution < 1.29 is 4.79 Å². The lowest BCUT2D eigenvalue weighted by molar-refractivity contribution is -0.112. The molecule has 17 heavy (non-hydrogen) atoms. The van der Waals surface area contributed by atoms with Gasteiger partial charge in [-0.25, -0.2) is 0 Å². The molecule has 1 unspecified atom stereocenters. The molecule has 88 valence electrons. The summed E-state index contributed by atoms with van der Waals surface area (Å²) in [6, 6.07) is 10.2. The highest BCUT2D eigenvalue weighted by Crippen LogP contribution is 2.64. The third-order valence-electron chi connectivity index (χ3n) is 3.78. The normalized spacial score (nSPS) is 35.2. The monoisotopic (exact) mass is 263 g/mol. The molecule has 1 heterocycles. The fraction of sp³-hybridized carbons (Fsp3) is 0.385. The summed E-state index contributed by atoms with van der Waals surface area (Å²) in [4.78, 5) is 16.8. The molecule has 1 aliphatic carbocycles.